The highest BCUT2D eigenvalue weighted by atomic mass is 35.7. The first-order valence-electron chi connectivity index (χ1n) is 17.2. The number of rotatable bonds is 18. The van der Waals surface area contributed by atoms with Gasteiger partial charge in [0.2, 0.25) is 0 Å². The Morgan fingerprint density at radius 3 is 0.984 bits per heavy atom. The van der Waals surface area contributed by atoms with Crippen LogP contribution in [0, 0.1) is 5.92 Å². The molecule has 0 saturated carbocycles. The Morgan fingerprint density at radius 2 is 0.710 bits per heavy atom. The minimum Gasteiger partial charge on any atom is -0.591 e. The van der Waals surface area contributed by atoms with E-state index in [0.717, 1.165) is 0 Å². The third kappa shape index (κ3) is 42.8. The molecule has 0 aliphatic heterocycles. The van der Waals surface area contributed by atoms with Crippen molar-refractivity contribution in [3.8, 4) is 0 Å². The summed E-state index contributed by atoms with van der Waals surface area (Å²) in [5.74, 6) is -7.68. The van der Waals surface area contributed by atoms with Crippen LogP contribution in [0.4, 0.5) is 0 Å². The van der Waals surface area contributed by atoms with E-state index in [1.54, 1.807) is 13.8 Å². The number of carboxylic acid groups (broad SMARTS) is 1. The monoisotopic (exact) mass is 1010 g/mol. The molecule has 0 fully saturated rings. The van der Waals surface area contributed by atoms with Gasteiger partial charge in [0.05, 0.1) is 5.92 Å². The van der Waals surface area contributed by atoms with Gasteiger partial charge in [0.25, 0.3) is 0 Å². The van der Waals surface area contributed by atoms with Crippen molar-refractivity contribution in [3.63, 3.8) is 0 Å². The lowest BCUT2D eigenvalue weighted by atomic mass is 10.2. The number of carbonyl (C=O) groups is 9. The van der Waals surface area contributed by atoms with Crippen molar-refractivity contribution >= 4 is 134 Å². The van der Waals surface area contributed by atoms with Crippen molar-refractivity contribution in [2.24, 2.45) is 5.92 Å². The lowest BCUT2D eigenvalue weighted by molar-refractivity contribution is -0.177. The summed E-state index contributed by atoms with van der Waals surface area (Å²) in [5.41, 5.74) is 0. The zero-order chi connectivity index (χ0) is 50.4. The van der Waals surface area contributed by atoms with E-state index >= 15 is 0 Å². The first kappa shape index (κ1) is 68.5. The number of ether oxygens (including phenoxy) is 6. The average molecular weight is 1020 g/mol. The molecule has 8 atom stereocenters. The molecule has 33 heteroatoms. The molecular weight excluding hydrogens is 966 g/mol. The molecule has 0 aromatic rings. The first-order valence-corrected chi connectivity index (χ1v) is 25.1. The lowest BCUT2D eigenvalue weighted by Gasteiger charge is -2.19. The van der Waals surface area contributed by atoms with Crippen LogP contribution in [0.25, 0.3) is 0 Å². The summed E-state index contributed by atoms with van der Waals surface area (Å²) in [7, 11) is 17.4. The van der Waals surface area contributed by atoms with E-state index in [9.17, 15) is 43.2 Å². The molecule has 0 amide bonds. The number of aliphatic hydroxyl groups excluding tert-OH is 1. The molecule has 0 spiro atoms. The molecule has 0 aliphatic rings. The molecule has 0 saturated heterocycles. The van der Waals surface area contributed by atoms with Crippen LogP contribution in [0.1, 0.15) is 76.2 Å². The molecule has 0 heterocycles. The van der Waals surface area contributed by atoms with Crippen LogP contribution >= 0.6 is 40.2 Å². The molecule has 62 heavy (non-hydrogen) atoms. The zero-order valence-electron chi connectivity index (χ0n) is 35.0. The quantitative estimate of drug-likeness (QED) is 0.0419. The number of Topliss-reactive ketones (excluding diaryl/α,β-unsaturated/α-hetero) is 1. The maximum absolute atomic E-state index is 11.7. The highest BCUT2D eigenvalue weighted by Crippen LogP contribution is 2.09. The van der Waals surface area contributed by atoms with Crippen LogP contribution in [-0.4, -0.2) is 183 Å². The average Bonchev–Trinajstić information content (AvgIpc) is 3.10. The molecule has 25 nitrogen and oxygen atoms in total. The Kier molecular flexibility index (Phi) is 41.8. The number of carboxylic acids is 1. The summed E-state index contributed by atoms with van der Waals surface area (Å²) < 4.78 is 37.6. The fraction of sp³-hybridized carbons (Fsp3) is 0.690. The SMILES string of the molecule is CC(=O)C(C)OC(=O)C(C)OC(=O)C(C)C.CC(O)C(=O)OC(C)C(=O)OC(C)C(=O)O.CC(OC(=O)C(C)[O][Al]([Cl])[Cl])C(=O)OC(C)C(=O)[O][Al]([Cl])[Cl].OB(O)O.OB(O)O. The fourth-order valence-corrected chi connectivity index (χ4v) is 4.62. The molecule has 0 rings (SSSR count). The van der Waals surface area contributed by atoms with Crippen molar-refractivity contribution in [1.29, 1.82) is 0 Å². The van der Waals surface area contributed by atoms with Crippen molar-refractivity contribution in [1.82, 2.24) is 0 Å². The highest BCUT2D eigenvalue weighted by Gasteiger charge is 2.31. The van der Waals surface area contributed by atoms with Gasteiger partial charge in [-0.15, -0.1) is 0 Å². The summed E-state index contributed by atoms with van der Waals surface area (Å²) in [4.78, 5) is 100. The van der Waals surface area contributed by atoms with Crippen molar-refractivity contribution in [2.75, 3.05) is 0 Å². The number of ketones is 1. The smallest absolute Gasteiger partial charge is 0.591 e. The molecule has 0 radical (unpaired) electrons. The van der Waals surface area contributed by atoms with Gasteiger partial charge in [0.1, 0.15) is 12.2 Å². The summed E-state index contributed by atoms with van der Waals surface area (Å²) in [6.45, 7) is 15.0. The van der Waals surface area contributed by atoms with Crippen LogP contribution in [0.2, 0.25) is 0 Å². The van der Waals surface area contributed by atoms with Gasteiger partial charge >= 0.3 is 87.7 Å². The largest absolute Gasteiger partial charge is 0.817 e. The van der Waals surface area contributed by atoms with E-state index in [2.05, 4.69) is 13.3 Å². The molecule has 8 unspecified atom stereocenters. The number of aliphatic hydroxyl groups is 1. The van der Waals surface area contributed by atoms with E-state index in [1.165, 1.54) is 62.3 Å². The third-order valence-electron chi connectivity index (χ3n) is 5.66. The van der Waals surface area contributed by atoms with Crippen molar-refractivity contribution in [2.45, 2.75) is 125 Å². The molecule has 0 aromatic heterocycles. The van der Waals surface area contributed by atoms with Crippen molar-refractivity contribution < 1.29 is 120 Å². The summed E-state index contributed by atoms with van der Waals surface area (Å²) in [6.07, 6.45) is -9.26. The summed E-state index contributed by atoms with van der Waals surface area (Å²) in [6, 6.07) is 0. The molecule has 0 aromatic carbocycles. The van der Waals surface area contributed by atoms with Crippen LogP contribution in [-0.2, 0) is 79.1 Å². The number of halogens is 4. The maximum Gasteiger partial charge on any atom is 0.817 e. The van der Waals surface area contributed by atoms with Crippen LogP contribution in [0.15, 0.2) is 0 Å². The van der Waals surface area contributed by atoms with Gasteiger partial charge in [-0.2, -0.15) is 40.2 Å². The molecule has 0 aliphatic carbocycles. The van der Waals surface area contributed by atoms with Gasteiger partial charge < -0.3 is 76.4 Å². The maximum atomic E-state index is 11.7. The molecule has 356 valence electrons. The summed E-state index contributed by atoms with van der Waals surface area (Å²) in [5, 5.41) is 60.3. The Balaban J connectivity index is -0.000000243. The normalized spacial score (nSPS) is 13.7. The van der Waals surface area contributed by atoms with Gasteiger partial charge in [0, 0.05) is 0 Å². The Bertz CT molecular complexity index is 1330. The van der Waals surface area contributed by atoms with Crippen LogP contribution in [0.5, 0.6) is 0 Å². The van der Waals surface area contributed by atoms with Crippen LogP contribution in [0.3, 0.4) is 0 Å². The number of hydrogen-bond donors (Lipinski definition) is 8. The van der Waals surface area contributed by atoms with E-state index < -0.39 is 137 Å². The number of carbonyl (C=O) groups excluding carboxylic acids is 8. The second-order valence-electron chi connectivity index (χ2n) is 11.7. The lowest BCUT2D eigenvalue weighted by Crippen LogP contribution is -2.36. The van der Waals surface area contributed by atoms with E-state index in [1.807, 2.05) is 0 Å². The minimum atomic E-state index is -2.63. The van der Waals surface area contributed by atoms with E-state index in [-0.39, 0.29) is 11.7 Å². The van der Waals surface area contributed by atoms with Gasteiger partial charge in [0.15, 0.2) is 42.4 Å². The predicted octanol–water partition coefficient (Wildman–Crippen LogP) is -1.97. The Hall–Kier alpha value is -2.54. The van der Waals surface area contributed by atoms with Gasteiger partial charge in [-0.3, -0.25) is 14.4 Å². The predicted molar refractivity (Wildman–Crippen MR) is 215 cm³/mol. The minimum absolute atomic E-state index is 0.254. The Morgan fingerprint density at radius 1 is 0.435 bits per heavy atom. The number of esters is 6. The fourth-order valence-electron chi connectivity index (χ4n) is 2.38. The Labute approximate surface area is 382 Å². The second-order valence-corrected chi connectivity index (χ2v) is 19.3. The van der Waals surface area contributed by atoms with Gasteiger partial charge in [-0.25, -0.2) is 28.8 Å². The molecule has 0 bridgehead atoms. The highest BCUT2D eigenvalue weighted by molar-refractivity contribution is 7.31. The third-order valence-corrected chi connectivity index (χ3v) is 7.84. The van der Waals surface area contributed by atoms with Crippen LogP contribution < -0.4 is 0 Å². The summed E-state index contributed by atoms with van der Waals surface area (Å²) >= 11 is -5.09. The molecular formula is C29H50Al2B2Cl4O25. The van der Waals surface area contributed by atoms with Crippen molar-refractivity contribution in [3.05, 3.63) is 0 Å². The standard InChI is InChI=1S/C11H18O5.C9H14O7.C9H13O7.2Al.2BH3O3.4ClH/c1-6(2)10(13)16-9(5)11(14)15-8(4)7(3)12;2*1-4(10)8(13)16-6(3)9(14)15-5(2)7(11)12;;;2*2-1(3)4;;;;/h6,8-9H,1-5H3;4-6,10H,1-3H3,(H,11,12);4-6H,1-3H3,(H,11,12);;;2*2-4H;4*1H/q;;-1;2*+3;;;;;;/p-5. The van der Waals surface area contributed by atoms with Gasteiger partial charge in [-0.05, 0) is 62.3 Å². The zero-order valence-corrected chi connectivity index (χ0v) is 40.4. The van der Waals surface area contributed by atoms with E-state index in [0.29, 0.717) is 0 Å². The van der Waals surface area contributed by atoms with E-state index in [4.69, 9.17) is 103 Å². The molecule has 8 N–H and O–H groups in total. The second kappa shape index (κ2) is 37.8. The number of aliphatic carboxylic acids is 1. The topological polar surface area (TPSA) is 389 Å². The number of hydrogen-bond acceptors (Lipinski definition) is 24. The first-order chi connectivity index (χ1) is 28.0. The van der Waals surface area contributed by atoms with Gasteiger partial charge in [-0.1, -0.05) is 13.8 Å².